The van der Waals surface area contributed by atoms with E-state index < -0.39 is 11.8 Å². The van der Waals surface area contributed by atoms with Gasteiger partial charge in [-0.05, 0) is 83.1 Å². The van der Waals surface area contributed by atoms with Gasteiger partial charge in [0.2, 0.25) is 0 Å². The number of amides is 2. The van der Waals surface area contributed by atoms with Crippen LogP contribution in [0.1, 0.15) is 43.6 Å². The molecule has 0 saturated heterocycles. The van der Waals surface area contributed by atoms with Crippen LogP contribution in [0.25, 0.3) is 0 Å². The highest BCUT2D eigenvalue weighted by Gasteiger charge is 2.21. The minimum atomic E-state index is -0.505. The van der Waals surface area contributed by atoms with Crippen molar-refractivity contribution >= 4 is 88.0 Å². The van der Waals surface area contributed by atoms with Gasteiger partial charge in [-0.15, -0.1) is 0 Å². The van der Waals surface area contributed by atoms with Crippen LogP contribution < -0.4 is 10.9 Å². The van der Waals surface area contributed by atoms with E-state index in [1.807, 2.05) is 0 Å². The second-order valence-electron chi connectivity index (χ2n) is 6.06. The number of aryl methyl sites for hydroxylation is 1. The number of hydrogen-bond acceptors (Lipinski definition) is 6. The van der Waals surface area contributed by atoms with Crippen molar-refractivity contribution in [2.24, 2.45) is 10.2 Å². The molecule has 9 nitrogen and oxygen atoms in total. The second-order valence-corrected chi connectivity index (χ2v) is 9.21. The fourth-order valence-corrected chi connectivity index (χ4v) is 3.81. The number of nitrogens with zero attached hydrogens (tertiary/aromatic N) is 2. The number of H-pyrrole nitrogens is 1. The number of hydrazone groups is 2. The van der Waals surface area contributed by atoms with Gasteiger partial charge in [-0.2, -0.15) is 10.2 Å². The number of aromatic amines is 1. The molecule has 0 saturated carbocycles. The summed E-state index contributed by atoms with van der Waals surface area (Å²) < 4.78 is 13.2. The molecule has 0 atom stereocenters. The van der Waals surface area contributed by atoms with E-state index in [0.717, 1.165) is 8.95 Å². The van der Waals surface area contributed by atoms with E-state index in [-0.39, 0.29) is 5.69 Å². The average molecular weight is 683 g/mol. The lowest BCUT2D eigenvalue weighted by Crippen LogP contribution is -2.21. The van der Waals surface area contributed by atoms with E-state index in [4.69, 9.17) is 8.83 Å². The Balaban J connectivity index is 1.67. The highest BCUT2D eigenvalue weighted by molar-refractivity contribution is 9.13. The van der Waals surface area contributed by atoms with Gasteiger partial charge >= 0.3 is 0 Å². The van der Waals surface area contributed by atoms with Crippen LogP contribution in [0.2, 0.25) is 0 Å². The van der Waals surface area contributed by atoms with Gasteiger partial charge in [-0.25, -0.2) is 10.9 Å². The molecule has 2 amide bonds. The number of furan rings is 2. The summed E-state index contributed by atoms with van der Waals surface area (Å²) in [7, 11) is 0. The predicted molar refractivity (Wildman–Crippen MR) is 129 cm³/mol. The molecule has 0 radical (unpaired) electrons. The molecule has 3 N–H and O–H groups in total. The molecular formula is C18H13Br4N5O4. The Morgan fingerprint density at radius 3 is 1.84 bits per heavy atom. The van der Waals surface area contributed by atoms with Crippen molar-refractivity contribution in [3.8, 4) is 0 Å². The number of aromatic nitrogens is 1. The zero-order valence-electron chi connectivity index (χ0n) is 15.8. The molecule has 13 heteroatoms. The van der Waals surface area contributed by atoms with Crippen LogP contribution in [-0.2, 0) is 0 Å². The van der Waals surface area contributed by atoms with Crippen molar-refractivity contribution in [2.75, 3.05) is 0 Å². The van der Waals surface area contributed by atoms with Gasteiger partial charge in [-0.3, -0.25) is 9.59 Å². The van der Waals surface area contributed by atoms with Gasteiger partial charge in [0.05, 0.1) is 26.9 Å². The number of rotatable bonds is 6. The lowest BCUT2D eigenvalue weighted by atomic mass is 10.1. The molecule has 0 spiro atoms. The monoisotopic (exact) mass is 679 g/mol. The summed E-state index contributed by atoms with van der Waals surface area (Å²) in [5.41, 5.74) is 6.32. The Kier molecular flexibility index (Phi) is 7.73. The normalized spacial score (nSPS) is 11.5. The first kappa shape index (κ1) is 23.7. The Labute approximate surface area is 209 Å². The van der Waals surface area contributed by atoms with E-state index in [2.05, 4.69) is 89.8 Å². The van der Waals surface area contributed by atoms with Crippen LogP contribution in [-0.4, -0.2) is 29.2 Å². The molecule has 3 aromatic heterocycles. The highest BCUT2D eigenvalue weighted by Crippen LogP contribution is 2.26. The summed E-state index contributed by atoms with van der Waals surface area (Å²) in [5.74, 6) is -0.100. The van der Waals surface area contributed by atoms with Crippen molar-refractivity contribution in [1.82, 2.24) is 15.8 Å². The molecule has 3 aromatic rings. The number of carbonyl (C=O) groups is 2. The van der Waals surface area contributed by atoms with E-state index in [1.54, 1.807) is 26.0 Å². The first-order valence-electron chi connectivity index (χ1n) is 8.43. The third-order valence-corrected chi connectivity index (χ3v) is 7.36. The quantitative estimate of drug-likeness (QED) is 0.238. The summed E-state index contributed by atoms with van der Waals surface area (Å²) in [4.78, 5) is 27.9. The Hall–Kier alpha value is -1.96. The Bertz CT molecular complexity index is 1170. The lowest BCUT2D eigenvalue weighted by molar-refractivity contribution is 0.0948. The Morgan fingerprint density at radius 1 is 0.903 bits per heavy atom. The summed E-state index contributed by atoms with van der Waals surface area (Å²) >= 11 is 13.0. The van der Waals surface area contributed by atoms with Gasteiger partial charge in [0.1, 0.15) is 17.2 Å². The van der Waals surface area contributed by atoms with Crippen LogP contribution >= 0.6 is 63.7 Å². The summed E-state index contributed by atoms with van der Waals surface area (Å²) in [6.07, 6.45) is 2.71. The number of hydrogen-bond donors (Lipinski definition) is 3. The minimum Gasteiger partial charge on any atom is -0.447 e. The molecule has 162 valence electrons. The third-order valence-electron chi connectivity index (χ3n) is 3.94. The molecule has 31 heavy (non-hydrogen) atoms. The first-order valence-corrected chi connectivity index (χ1v) is 11.6. The van der Waals surface area contributed by atoms with E-state index in [9.17, 15) is 9.59 Å². The Morgan fingerprint density at radius 2 is 1.39 bits per heavy atom. The zero-order valence-corrected chi connectivity index (χ0v) is 22.2. The molecule has 0 aromatic carbocycles. The molecule has 0 aliphatic rings. The van der Waals surface area contributed by atoms with Gasteiger partial charge in [-0.1, -0.05) is 0 Å². The van der Waals surface area contributed by atoms with E-state index in [1.165, 1.54) is 12.4 Å². The van der Waals surface area contributed by atoms with Crippen LogP contribution in [0.4, 0.5) is 0 Å². The number of carbonyl (C=O) groups excluding carboxylic acids is 2. The van der Waals surface area contributed by atoms with Gasteiger partial charge in [0.25, 0.3) is 11.8 Å². The van der Waals surface area contributed by atoms with Crippen LogP contribution in [0.15, 0.2) is 49.5 Å². The van der Waals surface area contributed by atoms with Gasteiger partial charge < -0.3 is 13.8 Å². The highest BCUT2D eigenvalue weighted by atomic mass is 79.9. The van der Waals surface area contributed by atoms with E-state index in [0.29, 0.717) is 37.7 Å². The molecule has 0 fully saturated rings. The minimum absolute atomic E-state index is 0.212. The van der Waals surface area contributed by atoms with Crippen LogP contribution in [0.3, 0.4) is 0 Å². The topological polar surface area (TPSA) is 125 Å². The number of halogens is 4. The van der Waals surface area contributed by atoms with Gasteiger partial charge in [0, 0.05) is 17.8 Å². The molecule has 0 bridgehead atoms. The molecular weight excluding hydrogens is 670 g/mol. The lowest BCUT2D eigenvalue weighted by Gasteiger charge is -2.01. The zero-order chi connectivity index (χ0) is 22.7. The third kappa shape index (κ3) is 5.64. The molecule has 0 unspecified atom stereocenters. The van der Waals surface area contributed by atoms with Crippen molar-refractivity contribution in [3.05, 3.63) is 64.5 Å². The van der Waals surface area contributed by atoms with Gasteiger partial charge in [0.15, 0.2) is 9.34 Å². The van der Waals surface area contributed by atoms with Crippen LogP contribution in [0.5, 0.6) is 0 Å². The summed E-state index contributed by atoms with van der Waals surface area (Å²) in [6.45, 7) is 3.34. The average Bonchev–Trinajstić information content (AvgIpc) is 3.30. The van der Waals surface area contributed by atoms with Crippen molar-refractivity contribution in [1.29, 1.82) is 0 Å². The maximum absolute atomic E-state index is 12.5. The summed E-state index contributed by atoms with van der Waals surface area (Å²) in [5, 5.41) is 7.75. The summed E-state index contributed by atoms with van der Waals surface area (Å²) in [6, 6.07) is 3.38. The molecule has 0 aliphatic heterocycles. The standard InChI is InChI=1S/C18H13Br4N5O4/c1-7-13(17(28)26-23-5-9-3-11(19)15(21)30-9)8(2)25-14(7)18(29)27-24-6-10-4-12(20)16(22)31-10/h3-6,25H,1-2H3,(H,26,28)(H,27,29)/b23-5+,24-6+. The maximum Gasteiger partial charge on any atom is 0.288 e. The largest absolute Gasteiger partial charge is 0.447 e. The van der Waals surface area contributed by atoms with E-state index >= 15 is 0 Å². The molecule has 3 heterocycles. The predicted octanol–water partition coefficient (Wildman–Crippen LogP) is 5.40. The fourth-order valence-electron chi connectivity index (χ4n) is 2.59. The number of nitrogens with one attached hydrogen (secondary N) is 3. The van der Waals surface area contributed by atoms with Crippen molar-refractivity contribution < 1.29 is 18.4 Å². The maximum atomic E-state index is 12.5. The fraction of sp³-hybridized carbons (Fsp3) is 0.111. The second kappa shape index (κ2) is 10.1. The first-order chi connectivity index (χ1) is 14.7. The van der Waals surface area contributed by atoms with Crippen LogP contribution in [0, 0.1) is 13.8 Å². The SMILES string of the molecule is Cc1[nH]c(C(=O)N/N=C/c2cc(Br)c(Br)o2)c(C)c1C(=O)N/N=C/c1cc(Br)c(Br)o1. The van der Waals surface area contributed by atoms with Crippen molar-refractivity contribution in [2.45, 2.75) is 13.8 Å². The van der Waals surface area contributed by atoms with Crippen molar-refractivity contribution in [3.63, 3.8) is 0 Å². The smallest absolute Gasteiger partial charge is 0.288 e. The molecule has 0 aliphatic carbocycles. The molecule has 3 rings (SSSR count).